The van der Waals surface area contributed by atoms with Crippen LogP contribution >= 0.6 is 47.8 Å². The first-order chi connectivity index (χ1) is 9.61. The molecule has 0 aliphatic rings. The standard InChI is InChI=1S/C15H14Br3NO/c16-12-4-2-1-3-11(12)9-20-15-13(17)7-10(5-6-19)8-14(15)18/h1-4,7-8H,5-6,9,19H2. The predicted molar refractivity (Wildman–Crippen MR) is 93.1 cm³/mol. The zero-order valence-electron chi connectivity index (χ0n) is 10.7. The smallest absolute Gasteiger partial charge is 0.148 e. The summed E-state index contributed by atoms with van der Waals surface area (Å²) in [7, 11) is 0. The molecule has 0 saturated heterocycles. The van der Waals surface area contributed by atoms with E-state index in [4.69, 9.17) is 10.5 Å². The van der Waals surface area contributed by atoms with Crippen LogP contribution in [0.3, 0.4) is 0 Å². The summed E-state index contributed by atoms with van der Waals surface area (Å²) in [5.41, 5.74) is 7.87. The highest BCUT2D eigenvalue weighted by molar-refractivity contribution is 9.11. The zero-order valence-corrected chi connectivity index (χ0v) is 15.5. The second kappa shape index (κ2) is 7.59. The Labute approximate surface area is 144 Å². The van der Waals surface area contributed by atoms with Crippen LogP contribution in [0.2, 0.25) is 0 Å². The Balaban J connectivity index is 2.16. The molecule has 2 rings (SSSR count). The molecule has 0 saturated carbocycles. The lowest BCUT2D eigenvalue weighted by molar-refractivity contribution is 0.301. The van der Waals surface area contributed by atoms with Crippen LogP contribution in [-0.4, -0.2) is 6.54 Å². The second-order valence-corrected chi connectivity index (χ2v) is 6.87. The van der Waals surface area contributed by atoms with Crippen molar-refractivity contribution >= 4 is 47.8 Å². The number of rotatable bonds is 5. The molecule has 20 heavy (non-hydrogen) atoms. The van der Waals surface area contributed by atoms with Crippen LogP contribution in [0, 0.1) is 0 Å². The van der Waals surface area contributed by atoms with E-state index in [0.717, 1.165) is 31.2 Å². The summed E-state index contributed by atoms with van der Waals surface area (Å²) < 4.78 is 8.83. The molecule has 0 unspecified atom stereocenters. The highest BCUT2D eigenvalue weighted by atomic mass is 79.9. The molecule has 0 spiro atoms. The van der Waals surface area contributed by atoms with Crippen molar-refractivity contribution in [2.75, 3.05) is 6.54 Å². The van der Waals surface area contributed by atoms with Gasteiger partial charge >= 0.3 is 0 Å². The molecule has 2 aromatic rings. The number of hydrogen-bond acceptors (Lipinski definition) is 2. The monoisotopic (exact) mass is 461 g/mol. The van der Waals surface area contributed by atoms with Crippen molar-refractivity contribution in [2.45, 2.75) is 13.0 Å². The molecule has 0 aliphatic carbocycles. The van der Waals surface area contributed by atoms with Crippen molar-refractivity contribution in [3.8, 4) is 5.75 Å². The van der Waals surface area contributed by atoms with Gasteiger partial charge in [0, 0.05) is 10.0 Å². The van der Waals surface area contributed by atoms with Gasteiger partial charge in [-0.05, 0) is 68.6 Å². The number of ether oxygens (including phenoxy) is 1. The van der Waals surface area contributed by atoms with Crippen molar-refractivity contribution < 1.29 is 4.74 Å². The SMILES string of the molecule is NCCc1cc(Br)c(OCc2ccccc2Br)c(Br)c1. The molecule has 2 N–H and O–H groups in total. The summed E-state index contributed by atoms with van der Waals surface area (Å²) in [6, 6.07) is 12.1. The van der Waals surface area contributed by atoms with Crippen molar-refractivity contribution in [1.82, 2.24) is 0 Å². The molecule has 0 atom stereocenters. The van der Waals surface area contributed by atoms with Crippen molar-refractivity contribution in [3.05, 3.63) is 60.9 Å². The van der Waals surface area contributed by atoms with Crippen LogP contribution in [0.5, 0.6) is 5.75 Å². The van der Waals surface area contributed by atoms with E-state index in [1.165, 1.54) is 5.56 Å². The Bertz CT molecular complexity index is 578. The van der Waals surface area contributed by atoms with E-state index in [1.807, 2.05) is 36.4 Å². The lowest BCUT2D eigenvalue weighted by Gasteiger charge is -2.13. The van der Waals surface area contributed by atoms with Gasteiger partial charge < -0.3 is 10.5 Å². The molecule has 0 aromatic heterocycles. The lowest BCUT2D eigenvalue weighted by Crippen LogP contribution is -2.03. The van der Waals surface area contributed by atoms with Crippen LogP contribution in [0.1, 0.15) is 11.1 Å². The third kappa shape index (κ3) is 4.07. The topological polar surface area (TPSA) is 35.2 Å². The van der Waals surface area contributed by atoms with Gasteiger partial charge in [-0.1, -0.05) is 34.1 Å². The minimum Gasteiger partial charge on any atom is -0.486 e. The molecule has 0 bridgehead atoms. The summed E-state index contributed by atoms with van der Waals surface area (Å²) in [4.78, 5) is 0. The maximum atomic E-state index is 5.91. The number of nitrogens with two attached hydrogens (primary N) is 1. The molecule has 0 heterocycles. The summed E-state index contributed by atoms with van der Waals surface area (Å²) >= 11 is 10.6. The number of benzene rings is 2. The van der Waals surface area contributed by atoms with E-state index in [9.17, 15) is 0 Å². The van der Waals surface area contributed by atoms with E-state index in [-0.39, 0.29) is 0 Å². The predicted octanol–water partition coefficient (Wildman–Crippen LogP) is 5.05. The van der Waals surface area contributed by atoms with Crippen LogP contribution in [0.4, 0.5) is 0 Å². The highest BCUT2D eigenvalue weighted by Crippen LogP contribution is 2.35. The van der Waals surface area contributed by atoms with E-state index >= 15 is 0 Å². The Hall–Kier alpha value is -0.360. The maximum absolute atomic E-state index is 5.91. The summed E-state index contributed by atoms with van der Waals surface area (Å²) in [5, 5.41) is 0. The fourth-order valence-electron chi connectivity index (χ4n) is 1.83. The van der Waals surface area contributed by atoms with Gasteiger partial charge in [0.1, 0.15) is 12.4 Å². The van der Waals surface area contributed by atoms with E-state index in [0.29, 0.717) is 13.2 Å². The average Bonchev–Trinajstić information content (AvgIpc) is 2.40. The van der Waals surface area contributed by atoms with Gasteiger partial charge in [0.2, 0.25) is 0 Å². The molecular weight excluding hydrogens is 450 g/mol. The molecule has 0 fully saturated rings. The quantitative estimate of drug-likeness (QED) is 0.673. The lowest BCUT2D eigenvalue weighted by atomic mass is 10.1. The Morgan fingerprint density at radius 3 is 2.20 bits per heavy atom. The first-order valence-corrected chi connectivity index (χ1v) is 8.54. The molecule has 0 aliphatic heterocycles. The van der Waals surface area contributed by atoms with E-state index in [1.54, 1.807) is 0 Å². The number of hydrogen-bond donors (Lipinski definition) is 1. The minimum atomic E-state index is 0.509. The third-order valence-corrected chi connectivity index (χ3v) is 4.77. The molecule has 106 valence electrons. The van der Waals surface area contributed by atoms with Gasteiger partial charge in [0.05, 0.1) is 8.95 Å². The van der Waals surface area contributed by atoms with Gasteiger partial charge in [0.25, 0.3) is 0 Å². The second-order valence-electron chi connectivity index (χ2n) is 4.31. The van der Waals surface area contributed by atoms with Crippen molar-refractivity contribution in [1.29, 1.82) is 0 Å². The van der Waals surface area contributed by atoms with Gasteiger partial charge in [-0.2, -0.15) is 0 Å². The van der Waals surface area contributed by atoms with Gasteiger partial charge in [0.15, 0.2) is 0 Å². The average molecular weight is 464 g/mol. The highest BCUT2D eigenvalue weighted by Gasteiger charge is 2.10. The molecular formula is C15H14Br3NO. The van der Waals surface area contributed by atoms with Crippen LogP contribution in [0.25, 0.3) is 0 Å². The Morgan fingerprint density at radius 1 is 0.950 bits per heavy atom. The van der Waals surface area contributed by atoms with Gasteiger partial charge in [-0.3, -0.25) is 0 Å². The maximum Gasteiger partial charge on any atom is 0.148 e. The van der Waals surface area contributed by atoms with Gasteiger partial charge in [-0.15, -0.1) is 0 Å². The molecule has 0 radical (unpaired) electrons. The third-order valence-electron chi connectivity index (χ3n) is 2.82. The van der Waals surface area contributed by atoms with E-state index < -0.39 is 0 Å². The van der Waals surface area contributed by atoms with Crippen LogP contribution in [0.15, 0.2) is 49.8 Å². The first-order valence-electron chi connectivity index (χ1n) is 6.16. The molecule has 2 nitrogen and oxygen atoms in total. The van der Waals surface area contributed by atoms with Crippen molar-refractivity contribution in [3.63, 3.8) is 0 Å². The first kappa shape index (κ1) is 16.0. The zero-order chi connectivity index (χ0) is 14.5. The molecule has 5 heteroatoms. The van der Waals surface area contributed by atoms with Crippen LogP contribution in [-0.2, 0) is 13.0 Å². The summed E-state index contributed by atoms with van der Waals surface area (Å²) in [5.74, 6) is 0.807. The Morgan fingerprint density at radius 2 is 1.60 bits per heavy atom. The Kier molecular flexibility index (Phi) is 6.08. The summed E-state index contributed by atoms with van der Waals surface area (Å²) in [6.45, 7) is 1.14. The minimum absolute atomic E-state index is 0.509. The summed E-state index contributed by atoms with van der Waals surface area (Å²) in [6.07, 6.45) is 0.849. The van der Waals surface area contributed by atoms with E-state index in [2.05, 4.69) is 47.8 Å². The van der Waals surface area contributed by atoms with Crippen molar-refractivity contribution in [2.24, 2.45) is 5.73 Å². The molecule has 2 aromatic carbocycles. The fraction of sp³-hybridized carbons (Fsp3) is 0.200. The van der Waals surface area contributed by atoms with Gasteiger partial charge in [-0.25, -0.2) is 0 Å². The normalized spacial score (nSPS) is 10.6. The largest absolute Gasteiger partial charge is 0.486 e. The van der Waals surface area contributed by atoms with Crippen LogP contribution < -0.4 is 10.5 Å². The molecule has 0 amide bonds. The fourth-order valence-corrected chi connectivity index (χ4v) is 3.74. The number of halogens is 3.